The first-order valence-corrected chi connectivity index (χ1v) is 9.67. The second-order valence-electron chi connectivity index (χ2n) is 5.67. The Hall–Kier alpha value is -2.26. The number of carbonyl (C=O) groups excluding carboxylic acids is 2. The summed E-state index contributed by atoms with van der Waals surface area (Å²) in [7, 11) is -4.10. The number of hydrogen-bond acceptors (Lipinski definition) is 4. The molecule has 9 heteroatoms. The molecule has 26 heavy (non-hydrogen) atoms. The molecule has 0 spiro atoms. The smallest absolute Gasteiger partial charge is 0.251 e. The Bertz CT molecular complexity index is 765. The quantitative estimate of drug-likeness (QED) is 0.529. The van der Waals surface area contributed by atoms with E-state index in [1.165, 1.54) is 12.1 Å². The van der Waals surface area contributed by atoms with Crippen LogP contribution in [0.25, 0.3) is 0 Å². The third-order valence-corrected chi connectivity index (χ3v) is 5.00. The largest absolute Gasteiger partial charge is 0.354 e. The Kier molecular flexibility index (Phi) is 8.40. The van der Waals surface area contributed by atoms with Gasteiger partial charge in [0.15, 0.2) is 0 Å². The highest BCUT2D eigenvalue weighted by Crippen LogP contribution is 2.16. The average Bonchev–Trinajstić information content (AvgIpc) is 2.59. The van der Waals surface area contributed by atoms with Gasteiger partial charge < -0.3 is 10.6 Å². The molecule has 1 unspecified atom stereocenters. The van der Waals surface area contributed by atoms with Crippen LogP contribution in [0.3, 0.4) is 0 Å². The summed E-state index contributed by atoms with van der Waals surface area (Å²) in [6.45, 7) is 7.21. The topological polar surface area (TPSA) is 104 Å². The molecule has 1 atom stereocenters. The first-order valence-electron chi connectivity index (χ1n) is 8.19. The van der Waals surface area contributed by atoms with Crippen molar-refractivity contribution in [1.82, 2.24) is 15.4 Å². The zero-order valence-electron chi connectivity index (χ0n) is 14.8. The minimum atomic E-state index is -4.10. The average molecular weight is 385 g/mol. The summed E-state index contributed by atoms with van der Waals surface area (Å²) in [4.78, 5) is 23.1. The van der Waals surface area contributed by atoms with Gasteiger partial charge in [-0.3, -0.25) is 9.59 Å². The summed E-state index contributed by atoms with van der Waals surface area (Å²) in [5.41, 5.74) is -0.0206. The minimum absolute atomic E-state index is 0.0206. The summed E-state index contributed by atoms with van der Waals surface area (Å²) < 4.78 is 40.1. The van der Waals surface area contributed by atoms with E-state index in [0.717, 1.165) is 18.6 Å². The number of sulfonamides is 1. The Morgan fingerprint density at radius 3 is 2.65 bits per heavy atom. The number of nitrogens with one attached hydrogen (secondary N) is 3. The summed E-state index contributed by atoms with van der Waals surface area (Å²) >= 11 is 0. The van der Waals surface area contributed by atoms with Gasteiger partial charge in [0.2, 0.25) is 15.9 Å². The standard InChI is InChI=1S/C17H24FN3O4S/c1-4-9-20-26(24,25)15-11-13(6-7-14(15)18)17(23)19-10-8-16(22)21-12(3)5-2/h4,6-7,11-12,20H,1,5,8-10H2,2-3H3,(H,19,23)(H,21,22). The summed E-state index contributed by atoms with van der Waals surface area (Å²) in [5.74, 6) is -1.76. The normalized spacial score (nSPS) is 12.3. The Morgan fingerprint density at radius 1 is 1.35 bits per heavy atom. The molecule has 3 N–H and O–H groups in total. The molecule has 0 bridgehead atoms. The van der Waals surface area contributed by atoms with E-state index in [1.807, 2.05) is 13.8 Å². The van der Waals surface area contributed by atoms with E-state index < -0.39 is 26.6 Å². The van der Waals surface area contributed by atoms with Gasteiger partial charge in [-0.05, 0) is 31.5 Å². The third-order valence-electron chi connectivity index (χ3n) is 3.56. The molecular formula is C17H24FN3O4S. The summed E-state index contributed by atoms with van der Waals surface area (Å²) in [6, 6.07) is 3.09. The summed E-state index contributed by atoms with van der Waals surface area (Å²) in [6.07, 6.45) is 2.20. The fourth-order valence-corrected chi connectivity index (χ4v) is 3.04. The van der Waals surface area contributed by atoms with Gasteiger partial charge in [-0.15, -0.1) is 6.58 Å². The van der Waals surface area contributed by atoms with Gasteiger partial charge in [0.1, 0.15) is 10.7 Å². The van der Waals surface area contributed by atoms with Crippen LogP contribution in [-0.2, 0) is 14.8 Å². The molecule has 0 radical (unpaired) electrons. The maximum absolute atomic E-state index is 13.8. The lowest BCUT2D eigenvalue weighted by molar-refractivity contribution is -0.121. The van der Waals surface area contributed by atoms with Crippen LogP contribution in [0.4, 0.5) is 4.39 Å². The molecule has 1 aromatic rings. The van der Waals surface area contributed by atoms with Gasteiger partial charge in [-0.2, -0.15) is 0 Å². The molecule has 0 fully saturated rings. The Morgan fingerprint density at radius 2 is 2.04 bits per heavy atom. The molecule has 7 nitrogen and oxygen atoms in total. The lowest BCUT2D eigenvalue weighted by Gasteiger charge is -2.12. The van der Waals surface area contributed by atoms with Gasteiger partial charge in [0, 0.05) is 31.1 Å². The van der Waals surface area contributed by atoms with Crippen LogP contribution >= 0.6 is 0 Å². The monoisotopic (exact) mass is 385 g/mol. The SMILES string of the molecule is C=CCNS(=O)(=O)c1cc(C(=O)NCCC(=O)NC(C)CC)ccc1F. The molecule has 2 amide bonds. The lowest BCUT2D eigenvalue weighted by Crippen LogP contribution is -2.35. The van der Waals surface area contributed by atoms with Gasteiger partial charge in [0.05, 0.1) is 0 Å². The van der Waals surface area contributed by atoms with Crippen molar-refractivity contribution in [2.24, 2.45) is 0 Å². The molecule has 0 heterocycles. The van der Waals surface area contributed by atoms with E-state index in [0.29, 0.717) is 0 Å². The first-order chi connectivity index (χ1) is 12.2. The number of rotatable bonds is 10. The van der Waals surface area contributed by atoms with E-state index in [4.69, 9.17) is 0 Å². The highest BCUT2D eigenvalue weighted by Gasteiger charge is 2.20. The fraction of sp³-hybridized carbons (Fsp3) is 0.412. The van der Waals surface area contributed by atoms with Crippen molar-refractivity contribution < 1.29 is 22.4 Å². The Labute approximate surface area is 153 Å². The number of amides is 2. The molecule has 0 aliphatic rings. The van der Waals surface area contributed by atoms with E-state index in [1.54, 1.807) is 0 Å². The molecule has 0 saturated carbocycles. The van der Waals surface area contributed by atoms with Crippen LogP contribution < -0.4 is 15.4 Å². The van der Waals surface area contributed by atoms with Crippen molar-refractivity contribution >= 4 is 21.8 Å². The second kappa shape index (κ2) is 10.0. The van der Waals surface area contributed by atoms with Crippen molar-refractivity contribution in [1.29, 1.82) is 0 Å². The number of halogens is 1. The summed E-state index contributed by atoms with van der Waals surface area (Å²) in [5, 5.41) is 5.27. The third kappa shape index (κ3) is 6.57. The van der Waals surface area contributed by atoms with Crippen LogP contribution in [0, 0.1) is 5.82 Å². The molecular weight excluding hydrogens is 361 g/mol. The molecule has 0 aromatic heterocycles. The molecule has 144 valence electrons. The van der Waals surface area contributed by atoms with E-state index >= 15 is 0 Å². The van der Waals surface area contributed by atoms with Crippen LogP contribution in [-0.4, -0.2) is 39.4 Å². The number of hydrogen-bond donors (Lipinski definition) is 3. The maximum atomic E-state index is 13.8. The molecule has 1 aromatic carbocycles. The van der Waals surface area contributed by atoms with Gasteiger partial charge in [-0.1, -0.05) is 13.0 Å². The zero-order valence-corrected chi connectivity index (χ0v) is 15.7. The predicted octanol–water partition coefficient (Wildman–Crippen LogP) is 1.32. The minimum Gasteiger partial charge on any atom is -0.354 e. The van der Waals surface area contributed by atoms with E-state index in [2.05, 4.69) is 21.9 Å². The van der Waals surface area contributed by atoms with Crippen molar-refractivity contribution in [2.45, 2.75) is 37.6 Å². The van der Waals surface area contributed by atoms with E-state index in [-0.39, 0.29) is 37.0 Å². The van der Waals surface area contributed by atoms with Gasteiger partial charge >= 0.3 is 0 Å². The van der Waals surface area contributed by atoms with Crippen molar-refractivity contribution in [2.75, 3.05) is 13.1 Å². The molecule has 1 rings (SSSR count). The first kappa shape index (κ1) is 21.8. The predicted molar refractivity (Wildman–Crippen MR) is 96.6 cm³/mol. The van der Waals surface area contributed by atoms with E-state index in [9.17, 15) is 22.4 Å². The molecule has 0 aliphatic heterocycles. The number of benzene rings is 1. The van der Waals surface area contributed by atoms with Crippen molar-refractivity contribution in [3.05, 3.63) is 42.2 Å². The van der Waals surface area contributed by atoms with Crippen LogP contribution in [0.1, 0.15) is 37.0 Å². The highest BCUT2D eigenvalue weighted by atomic mass is 32.2. The zero-order chi connectivity index (χ0) is 19.7. The molecule has 0 aliphatic carbocycles. The van der Waals surface area contributed by atoms with Crippen LogP contribution in [0.15, 0.2) is 35.7 Å². The second-order valence-corrected chi connectivity index (χ2v) is 7.40. The lowest BCUT2D eigenvalue weighted by atomic mass is 10.2. The van der Waals surface area contributed by atoms with Gasteiger partial charge in [-0.25, -0.2) is 17.5 Å². The van der Waals surface area contributed by atoms with Crippen LogP contribution in [0.2, 0.25) is 0 Å². The van der Waals surface area contributed by atoms with Gasteiger partial charge in [0.25, 0.3) is 5.91 Å². The highest BCUT2D eigenvalue weighted by molar-refractivity contribution is 7.89. The fourth-order valence-electron chi connectivity index (χ4n) is 1.94. The maximum Gasteiger partial charge on any atom is 0.251 e. The van der Waals surface area contributed by atoms with Crippen molar-refractivity contribution in [3.8, 4) is 0 Å². The number of carbonyl (C=O) groups is 2. The van der Waals surface area contributed by atoms with Crippen LogP contribution in [0.5, 0.6) is 0 Å². The Balaban J connectivity index is 2.74. The molecule has 0 saturated heterocycles. The van der Waals surface area contributed by atoms with Crippen molar-refractivity contribution in [3.63, 3.8) is 0 Å².